The van der Waals surface area contributed by atoms with Gasteiger partial charge in [0.1, 0.15) is 0 Å². The zero-order valence-electron chi connectivity index (χ0n) is 10.0. The van der Waals surface area contributed by atoms with E-state index in [1.807, 2.05) is 6.07 Å². The minimum absolute atomic E-state index is 0.0221. The van der Waals surface area contributed by atoms with Crippen LogP contribution in [0.1, 0.15) is 12.0 Å². The van der Waals surface area contributed by atoms with Crippen LogP contribution in [0, 0.1) is 3.95 Å². The van der Waals surface area contributed by atoms with Crippen LogP contribution >= 0.6 is 0 Å². The van der Waals surface area contributed by atoms with Crippen LogP contribution < -0.4 is 9.71 Å². The summed E-state index contributed by atoms with van der Waals surface area (Å²) >= 11 is 0.0221. The van der Waals surface area contributed by atoms with Crippen molar-refractivity contribution in [1.82, 2.24) is 0 Å². The molecule has 1 aliphatic heterocycles. The molecule has 1 heterocycles. The van der Waals surface area contributed by atoms with Gasteiger partial charge in [-0.1, -0.05) is 0 Å². The Morgan fingerprint density at radius 2 is 1.94 bits per heavy atom. The third-order valence-electron chi connectivity index (χ3n) is 3.06. The molecular formula is C15H14AsNO. The Morgan fingerprint density at radius 1 is 1.06 bits per heavy atom. The third-order valence-corrected chi connectivity index (χ3v) is 5.91. The van der Waals surface area contributed by atoms with E-state index in [1.165, 1.54) is 13.9 Å². The Labute approximate surface area is 112 Å². The van der Waals surface area contributed by atoms with Crippen molar-refractivity contribution in [3.8, 4) is 0 Å². The summed E-state index contributed by atoms with van der Waals surface area (Å²) in [6, 6.07) is 14.8. The van der Waals surface area contributed by atoms with E-state index in [4.69, 9.17) is 10.1 Å². The first kappa shape index (κ1) is 11.8. The second-order valence-corrected chi connectivity index (χ2v) is 6.74. The van der Waals surface area contributed by atoms with Gasteiger partial charge < -0.3 is 0 Å². The minimum atomic E-state index is 0.0221. The van der Waals surface area contributed by atoms with Crippen molar-refractivity contribution in [3.63, 3.8) is 0 Å². The number of benzene rings is 2. The van der Waals surface area contributed by atoms with Crippen LogP contribution in [0.3, 0.4) is 0 Å². The molecule has 0 bridgehead atoms. The van der Waals surface area contributed by atoms with Gasteiger partial charge in [0, 0.05) is 0 Å². The van der Waals surface area contributed by atoms with Gasteiger partial charge in [-0.05, 0) is 0 Å². The predicted molar refractivity (Wildman–Crippen MR) is 73.3 cm³/mol. The van der Waals surface area contributed by atoms with E-state index in [2.05, 4.69) is 36.4 Å². The fraction of sp³-hybridized carbons (Fsp3) is 0.200. The van der Waals surface area contributed by atoms with Gasteiger partial charge in [-0.3, -0.25) is 0 Å². The Kier molecular flexibility index (Phi) is 3.40. The normalized spacial score (nSPS) is 12.9. The van der Waals surface area contributed by atoms with E-state index >= 15 is 0 Å². The molecule has 2 nitrogen and oxygen atoms in total. The third kappa shape index (κ3) is 2.18. The van der Waals surface area contributed by atoms with Gasteiger partial charge in [0.25, 0.3) is 0 Å². The topological polar surface area (TPSA) is 32.6 Å². The van der Waals surface area contributed by atoms with Crippen molar-refractivity contribution in [2.45, 2.75) is 12.8 Å². The number of hydrogen-bond acceptors (Lipinski definition) is 2. The van der Waals surface area contributed by atoms with Gasteiger partial charge in [-0.25, -0.2) is 0 Å². The van der Waals surface area contributed by atoms with E-state index in [0.717, 1.165) is 23.9 Å². The molecule has 0 spiro atoms. The molecule has 3 heteroatoms. The molecule has 18 heavy (non-hydrogen) atoms. The number of hydrogen-bond donors (Lipinski definition) is 1. The van der Waals surface area contributed by atoms with Crippen molar-refractivity contribution < 1.29 is 5.11 Å². The van der Waals surface area contributed by atoms with E-state index in [1.54, 1.807) is 0 Å². The Hall–Kier alpha value is -1.24. The number of aliphatic hydroxyl groups excluding tert-OH is 1. The number of aliphatic hydroxyl groups is 1. The molecular weight excluding hydrogens is 285 g/mol. The van der Waals surface area contributed by atoms with Crippen molar-refractivity contribution in [1.29, 1.82) is 0 Å². The van der Waals surface area contributed by atoms with Crippen LogP contribution in [0.25, 0.3) is 0 Å². The molecule has 1 aliphatic rings. The monoisotopic (exact) mass is 299 g/mol. The van der Waals surface area contributed by atoms with E-state index < -0.39 is 0 Å². The first-order valence-corrected chi connectivity index (χ1v) is 8.01. The SMILES string of the molecule is OCCCc1cccc2c1[As]=c1ccccc1=N2. The van der Waals surface area contributed by atoms with E-state index in [9.17, 15) is 0 Å². The molecule has 3 rings (SSSR count). The number of nitrogens with zero attached hydrogens (tertiary/aromatic N) is 1. The number of rotatable bonds is 3. The maximum atomic E-state index is 8.97. The van der Waals surface area contributed by atoms with Gasteiger partial charge in [-0.15, -0.1) is 0 Å². The summed E-state index contributed by atoms with van der Waals surface area (Å²) in [5.41, 5.74) is 2.49. The summed E-state index contributed by atoms with van der Waals surface area (Å²) in [6.07, 6.45) is 1.78. The molecule has 1 N–H and O–H groups in total. The maximum absolute atomic E-state index is 8.97. The second kappa shape index (κ2) is 5.17. The van der Waals surface area contributed by atoms with Crippen LogP contribution in [-0.4, -0.2) is 27.0 Å². The van der Waals surface area contributed by atoms with Crippen LogP contribution in [0.5, 0.6) is 0 Å². The summed E-state index contributed by atoms with van der Waals surface area (Å²) in [7, 11) is 0. The number of aryl methyl sites for hydroxylation is 1. The first-order chi connectivity index (χ1) is 8.88. The molecule has 0 unspecified atom stereocenters. The molecule has 0 saturated heterocycles. The van der Waals surface area contributed by atoms with E-state index in [0.29, 0.717) is 0 Å². The van der Waals surface area contributed by atoms with Crippen LogP contribution in [0.4, 0.5) is 5.69 Å². The Balaban J connectivity index is 2.14. The molecule has 0 aromatic heterocycles. The standard InChI is InChI=1S/C15H14AsNO/c18-10-4-6-11-5-3-9-14-15(11)16-12-7-1-2-8-13(12)17-14/h1-3,5,7-9,18H,4,6,10H2. The van der Waals surface area contributed by atoms with Gasteiger partial charge >= 0.3 is 112 Å². The molecule has 0 fully saturated rings. The zero-order valence-corrected chi connectivity index (χ0v) is 11.9. The van der Waals surface area contributed by atoms with E-state index in [-0.39, 0.29) is 21.9 Å². The summed E-state index contributed by atoms with van der Waals surface area (Å²) < 4.78 is 2.80. The van der Waals surface area contributed by atoms with Gasteiger partial charge in [-0.2, -0.15) is 0 Å². The van der Waals surface area contributed by atoms with Crippen molar-refractivity contribution in [3.05, 3.63) is 57.3 Å². The molecule has 0 radical (unpaired) electrons. The zero-order chi connectivity index (χ0) is 12.4. The summed E-state index contributed by atoms with van der Waals surface area (Å²) in [6.45, 7) is 0.258. The number of fused-ring (bicyclic) bond motifs is 2. The van der Waals surface area contributed by atoms with Crippen molar-refractivity contribution in [2.24, 2.45) is 4.99 Å². The average molecular weight is 299 g/mol. The van der Waals surface area contributed by atoms with Crippen LogP contribution in [0.2, 0.25) is 0 Å². The quantitative estimate of drug-likeness (QED) is 0.723. The summed E-state index contributed by atoms with van der Waals surface area (Å²) in [5.74, 6) is 0. The second-order valence-electron chi connectivity index (χ2n) is 4.32. The van der Waals surface area contributed by atoms with Crippen molar-refractivity contribution >= 4 is 25.3 Å². The van der Waals surface area contributed by atoms with Gasteiger partial charge in [0.2, 0.25) is 0 Å². The summed E-state index contributed by atoms with van der Waals surface area (Å²) in [4.78, 5) is 4.74. The first-order valence-electron chi connectivity index (χ1n) is 6.14. The summed E-state index contributed by atoms with van der Waals surface area (Å²) in [5, 5.41) is 10.1. The Bertz CT molecular complexity index is 694. The molecule has 0 aliphatic carbocycles. The van der Waals surface area contributed by atoms with Crippen LogP contribution in [-0.2, 0) is 6.42 Å². The van der Waals surface area contributed by atoms with Crippen molar-refractivity contribution in [2.75, 3.05) is 6.61 Å². The molecule has 90 valence electrons. The molecule has 2 aromatic carbocycles. The fourth-order valence-corrected chi connectivity index (χ4v) is 4.71. The van der Waals surface area contributed by atoms with Gasteiger partial charge in [0.15, 0.2) is 0 Å². The van der Waals surface area contributed by atoms with Crippen LogP contribution in [0.15, 0.2) is 47.5 Å². The molecule has 2 aromatic rings. The van der Waals surface area contributed by atoms with Gasteiger partial charge in [0.05, 0.1) is 0 Å². The molecule has 0 atom stereocenters. The predicted octanol–water partition coefficient (Wildman–Crippen LogP) is 1.16. The molecule has 0 saturated carbocycles. The fourth-order valence-electron chi connectivity index (χ4n) is 2.17. The molecule has 0 amide bonds. The Morgan fingerprint density at radius 3 is 2.83 bits per heavy atom. The average Bonchev–Trinajstić information content (AvgIpc) is 2.43. The number of para-hydroxylation sites is 1.